The predicted octanol–water partition coefficient (Wildman–Crippen LogP) is 6.63. The second kappa shape index (κ2) is 6.09. The summed E-state index contributed by atoms with van der Waals surface area (Å²) in [5, 5.41) is 0. The van der Waals surface area contributed by atoms with Crippen LogP contribution in [0.3, 0.4) is 0 Å². The van der Waals surface area contributed by atoms with E-state index in [4.69, 9.17) is 0 Å². The molecule has 0 saturated heterocycles. The van der Waals surface area contributed by atoms with Crippen molar-refractivity contribution in [2.24, 2.45) is 0 Å². The van der Waals surface area contributed by atoms with Crippen molar-refractivity contribution in [3.63, 3.8) is 0 Å². The van der Waals surface area contributed by atoms with Gasteiger partial charge in [-0.1, -0.05) is 78.9 Å². The largest absolute Gasteiger partial charge is 0.125 e. The molecule has 0 amide bonds. The summed E-state index contributed by atoms with van der Waals surface area (Å²) in [7, 11) is 0. The fourth-order valence-electron chi connectivity index (χ4n) is 3.89. The summed E-state index contributed by atoms with van der Waals surface area (Å²) < 4.78 is 0. The molecule has 3 aromatic rings. The van der Waals surface area contributed by atoms with Crippen molar-refractivity contribution in [1.29, 1.82) is 0 Å². The van der Waals surface area contributed by atoms with Crippen molar-refractivity contribution < 1.29 is 0 Å². The summed E-state index contributed by atoms with van der Waals surface area (Å²) in [5.41, 5.74) is 9.59. The van der Waals surface area contributed by atoms with Crippen LogP contribution in [0.1, 0.15) is 34.2 Å². The maximum atomic E-state index is 2.29. The smallest absolute Gasteiger partial charge is 0.0147 e. The van der Waals surface area contributed by atoms with Gasteiger partial charge in [0.25, 0.3) is 0 Å². The fourth-order valence-corrected chi connectivity index (χ4v) is 4.94. The number of hydrogen-bond donors (Lipinski definition) is 0. The van der Waals surface area contributed by atoms with Crippen LogP contribution in [-0.4, -0.2) is 5.75 Å². The molecule has 0 atom stereocenters. The van der Waals surface area contributed by atoms with Gasteiger partial charge in [-0.3, -0.25) is 0 Å². The van der Waals surface area contributed by atoms with E-state index >= 15 is 0 Å². The summed E-state index contributed by atoms with van der Waals surface area (Å²) in [6.45, 7) is 0. The van der Waals surface area contributed by atoms with E-state index in [1.54, 1.807) is 0 Å². The third kappa shape index (κ3) is 2.47. The Kier molecular flexibility index (Phi) is 3.61. The second-order valence-corrected chi connectivity index (χ2v) is 7.59. The Hall–Kier alpha value is -2.51. The van der Waals surface area contributed by atoms with Gasteiger partial charge in [0.1, 0.15) is 0 Å². The minimum atomic E-state index is 1.11. The zero-order valence-electron chi connectivity index (χ0n) is 13.9. The molecule has 1 aliphatic heterocycles. The third-order valence-corrected chi connectivity index (χ3v) is 6.10. The molecule has 0 N–H and O–H groups in total. The quantitative estimate of drug-likeness (QED) is 0.347. The van der Waals surface area contributed by atoms with Crippen molar-refractivity contribution in [1.82, 2.24) is 0 Å². The Morgan fingerprint density at radius 1 is 0.600 bits per heavy atom. The van der Waals surface area contributed by atoms with Crippen molar-refractivity contribution in [3.8, 4) is 0 Å². The minimum absolute atomic E-state index is 1.11. The van der Waals surface area contributed by atoms with Crippen LogP contribution in [-0.2, 0) is 0 Å². The normalized spacial score (nSPS) is 15.2. The van der Waals surface area contributed by atoms with Crippen LogP contribution in [0.25, 0.3) is 23.3 Å². The first-order valence-electron chi connectivity index (χ1n) is 8.74. The van der Waals surface area contributed by atoms with E-state index in [0.29, 0.717) is 0 Å². The van der Waals surface area contributed by atoms with Gasteiger partial charge >= 0.3 is 0 Å². The average molecular weight is 338 g/mol. The molecule has 120 valence electrons. The summed E-state index contributed by atoms with van der Waals surface area (Å²) in [6, 6.07) is 26.4. The zero-order valence-corrected chi connectivity index (χ0v) is 14.7. The van der Waals surface area contributed by atoms with E-state index in [-0.39, 0.29) is 0 Å². The van der Waals surface area contributed by atoms with E-state index in [0.717, 1.165) is 12.2 Å². The van der Waals surface area contributed by atoms with Crippen LogP contribution in [0.15, 0.2) is 77.7 Å². The molecule has 5 rings (SSSR count). The van der Waals surface area contributed by atoms with Gasteiger partial charge in [-0.05, 0) is 51.5 Å². The molecule has 0 aromatic heterocycles. The van der Waals surface area contributed by atoms with E-state index in [1.807, 2.05) is 11.8 Å². The summed E-state index contributed by atoms with van der Waals surface area (Å²) in [4.78, 5) is 1.41. The molecule has 0 saturated carbocycles. The second-order valence-electron chi connectivity index (χ2n) is 6.46. The van der Waals surface area contributed by atoms with E-state index in [9.17, 15) is 0 Å². The summed E-state index contributed by atoms with van der Waals surface area (Å²) >= 11 is 1.97. The van der Waals surface area contributed by atoms with Gasteiger partial charge in [0.15, 0.2) is 0 Å². The van der Waals surface area contributed by atoms with Crippen molar-refractivity contribution in [2.45, 2.75) is 11.3 Å². The molecular weight excluding hydrogens is 320 g/mol. The number of allylic oxidation sites excluding steroid dienone is 1. The molecule has 0 unspecified atom stereocenters. The van der Waals surface area contributed by atoms with Gasteiger partial charge in [0.05, 0.1) is 0 Å². The number of hydrogen-bond acceptors (Lipinski definition) is 1. The van der Waals surface area contributed by atoms with Gasteiger partial charge in [-0.25, -0.2) is 0 Å². The lowest BCUT2D eigenvalue weighted by molar-refractivity contribution is 1.19. The highest BCUT2D eigenvalue weighted by Gasteiger charge is 2.23. The minimum Gasteiger partial charge on any atom is -0.125 e. The SMILES string of the molecule is C1=Cc2ccccc2C(=C2CCSc3ccccc32)c2ccccc21. The standard InChI is InChI=1S/C24H18S/c1-3-9-19-17(7-1)13-14-18-8-2-4-10-20(18)24(19)22-15-16-25-23-12-6-5-11-21(22)23/h1-14H,15-16H2. The number of thioether (sulfide) groups is 1. The summed E-state index contributed by atoms with van der Waals surface area (Å²) in [6.07, 6.45) is 5.62. The number of rotatable bonds is 0. The van der Waals surface area contributed by atoms with Crippen LogP contribution in [0.5, 0.6) is 0 Å². The van der Waals surface area contributed by atoms with E-state index < -0.39 is 0 Å². The van der Waals surface area contributed by atoms with Gasteiger partial charge in [0.2, 0.25) is 0 Å². The van der Waals surface area contributed by atoms with Crippen LogP contribution >= 0.6 is 11.8 Å². The van der Waals surface area contributed by atoms with Crippen LogP contribution < -0.4 is 0 Å². The van der Waals surface area contributed by atoms with E-state index in [2.05, 4.69) is 84.9 Å². The monoisotopic (exact) mass is 338 g/mol. The van der Waals surface area contributed by atoms with Crippen molar-refractivity contribution in [2.75, 3.05) is 5.75 Å². The Balaban J connectivity index is 1.89. The molecular formula is C24H18S. The zero-order chi connectivity index (χ0) is 16.6. The van der Waals surface area contributed by atoms with Crippen LogP contribution in [0.4, 0.5) is 0 Å². The first-order chi connectivity index (χ1) is 12.4. The Labute approximate surface area is 152 Å². The molecule has 0 bridgehead atoms. The first-order valence-corrected chi connectivity index (χ1v) is 9.72. The maximum absolute atomic E-state index is 2.29. The van der Waals surface area contributed by atoms with Crippen LogP contribution in [0.2, 0.25) is 0 Å². The highest BCUT2D eigenvalue weighted by atomic mass is 32.2. The molecule has 1 heterocycles. The van der Waals surface area contributed by atoms with Gasteiger partial charge in [-0.15, -0.1) is 11.8 Å². The third-order valence-electron chi connectivity index (χ3n) is 5.03. The van der Waals surface area contributed by atoms with Crippen LogP contribution in [0, 0.1) is 0 Å². The van der Waals surface area contributed by atoms with Crippen molar-refractivity contribution >= 4 is 35.1 Å². The molecule has 0 spiro atoms. The van der Waals surface area contributed by atoms with Crippen molar-refractivity contribution in [3.05, 3.63) is 101 Å². The Morgan fingerprint density at radius 2 is 1.16 bits per heavy atom. The molecule has 0 radical (unpaired) electrons. The predicted molar refractivity (Wildman–Crippen MR) is 110 cm³/mol. The van der Waals surface area contributed by atoms with Gasteiger partial charge in [0, 0.05) is 10.6 Å². The Bertz CT molecular complexity index is 972. The molecule has 25 heavy (non-hydrogen) atoms. The lowest BCUT2D eigenvalue weighted by atomic mass is 9.85. The highest BCUT2D eigenvalue weighted by molar-refractivity contribution is 7.99. The molecule has 0 nitrogen and oxygen atoms in total. The molecule has 1 heteroatoms. The molecule has 3 aromatic carbocycles. The average Bonchev–Trinajstić information content (AvgIpc) is 2.84. The maximum Gasteiger partial charge on any atom is 0.0147 e. The van der Waals surface area contributed by atoms with E-state index in [1.165, 1.54) is 43.9 Å². The molecule has 2 aliphatic rings. The lowest BCUT2D eigenvalue weighted by Gasteiger charge is -2.24. The van der Waals surface area contributed by atoms with Gasteiger partial charge in [-0.2, -0.15) is 0 Å². The number of fused-ring (bicyclic) bond motifs is 3. The molecule has 1 aliphatic carbocycles. The Morgan fingerprint density at radius 3 is 1.84 bits per heavy atom. The highest BCUT2D eigenvalue weighted by Crippen LogP contribution is 2.45. The fraction of sp³-hybridized carbons (Fsp3) is 0.0833. The lowest BCUT2D eigenvalue weighted by Crippen LogP contribution is -2.03. The topological polar surface area (TPSA) is 0 Å². The van der Waals surface area contributed by atoms with Gasteiger partial charge < -0.3 is 0 Å². The first kappa shape index (κ1) is 14.8. The molecule has 0 fully saturated rings. The summed E-state index contributed by atoms with van der Waals surface area (Å²) in [5.74, 6) is 1.15. The number of benzene rings is 3.